The van der Waals surface area contributed by atoms with Crippen LogP contribution >= 0.6 is 0 Å². The van der Waals surface area contributed by atoms with Gasteiger partial charge in [0.2, 0.25) is 0 Å². The highest BCUT2D eigenvalue weighted by molar-refractivity contribution is 5.72. The molecule has 2 rings (SSSR count). The zero-order valence-corrected chi connectivity index (χ0v) is 7.63. The van der Waals surface area contributed by atoms with Gasteiger partial charge in [-0.3, -0.25) is 9.78 Å². The maximum Gasteiger partial charge on any atom is 0.166 e. The molecule has 0 radical (unpaired) electrons. The lowest BCUT2D eigenvalue weighted by atomic mass is 10.3. The molecule has 0 aliphatic heterocycles. The first-order valence-electron chi connectivity index (χ1n) is 4.39. The van der Waals surface area contributed by atoms with Crippen LogP contribution in [0.1, 0.15) is 16.1 Å². The average Bonchev–Trinajstić information content (AvgIpc) is 2.67. The summed E-state index contributed by atoms with van der Waals surface area (Å²) in [5.41, 5.74) is 1.78. The molecule has 0 amide bonds. The lowest BCUT2D eigenvalue weighted by Gasteiger charge is -2.04. The number of carbonyl (C=O) groups is 1. The van der Waals surface area contributed by atoms with Gasteiger partial charge in [0.05, 0.1) is 5.69 Å². The fourth-order valence-corrected chi connectivity index (χ4v) is 1.37. The Morgan fingerprint density at radius 1 is 1.36 bits per heavy atom. The molecular formula is C11H10N2O. The Morgan fingerprint density at radius 2 is 2.29 bits per heavy atom. The van der Waals surface area contributed by atoms with Gasteiger partial charge in [0, 0.05) is 25.1 Å². The summed E-state index contributed by atoms with van der Waals surface area (Å²) in [7, 11) is 0. The van der Waals surface area contributed by atoms with Gasteiger partial charge in [0.25, 0.3) is 0 Å². The first-order valence-corrected chi connectivity index (χ1v) is 4.39. The molecule has 0 fully saturated rings. The SMILES string of the molecule is O=Cc1cccn1Cc1cccnc1. The maximum absolute atomic E-state index is 10.6. The van der Waals surface area contributed by atoms with E-state index < -0.39 is 0 Å². The van der Waals surface area contributed by atoms with Crippen LogP contribution in [-0.4, -0.2) is 15.8 Å². The van der Waals surface area contributed by atoms with Crippen LogP contribution in [0.15, 0.2) is 42.9 Å². The number of aromatic nitrogens is 2. The lowest BCUT2D eigenvalue weighted by Crippen LogP contribution is -2.02. The standard InChI is InChI=1S/C11H10N2O/c14-9-11-4-2-6-13(11)8-10-3-1-5-12-7-10/h1-7,9H,8H2. The minimum atomic E-state index is 0.689. The zero-order chi connectivity index (χ0) is 9.80. The molecule has 0 N–H and O–H groups in total. The van der Waals surface area contributed by atoms with E-state index in [1.807, 2.05) is 29.0 Å². The van der Waals surface area contributed by atoms with Crippen molar-refractivity contribution in [1.29, 1.82) is 0 Å². The van der Waals surface area contributed by atoms with E-state index in [1.54, 1.807) is 18.5 Å². The molecule has 0 aliphatic rings. The normalized spacial score (nSPS) is 10.0. The van der Waals surface area contributed by atoms with Crippen molar-refractivity contribution >= 4 is 6.29 Å². The molecule has 0 aromatic carbocycles. The monoisotopic (exact) mass is 186 g/mol. The third-order valence-electron chi connectivity index (χ3n) is 2.06. The summed E-state index contributed by atoms with van der Waals surface area (Å²) in [5.74, 6) is 0. The third kappa shape index (κ3) is 1.71. The van der Waals surface area contributed by atoms with Crippen molar-refractivity contribution in [3.63, 3.8) is 0 Å². The largest absolute Gasteiger partial charge is 0.341 e. The van der Waals surface area contributed by atoms with Crippen molar-refractivity contribution in [2.75, 3.05) is 0 Å². The van der Waals surface area contributed by atoms with E-state index >= 15 is 0 Å². The molecule has 3 nitrogen and oxygen atoms in total. The van der Waals surface area contributed by atoms with Gasteiger partial charge in [-0.25, -0.2) is 0 Å². The second-order valence-corrected chi connectivity index (χ2v) is 3.04. The topological polar surface area (TPSA) is 34.9 Å². The predicted molar refractivity (Wildman–Crippen MR) is 53.2 cm³/mol. The summed E-state index contributed by atoms with van der Waals surface area (Å²) in [6, 6.07) is 7.53. The van der Waals surface area contributed by atoms with Crippen molar-refractivity contribution in [1.82, 2.24) is 9.55 Å². The molecule has 0 saturated carbocycles. The van der Waals surface area contributed by atoms with Gasteiger partial charge >= 0.3 is 0 Å². The number of hydrogen-bond donors (Lipinski definition) is 0. The van der Waals surface area contributed by atoms with Crippen molar-refractivity contribution < 1.29 is 4.79 Å². The van der Waals surface area contributed by atoms with Gasteiger partial charge in [0.15, 0.2) is 6.29 Å². The van der Waals surface area contributed by atoms with E-state index in [4.69, 9.17) is 0 Å². The summed E-state index contributed by atoms with van der Waals surface area (Å²) in [4.78, 5) is 14.7. The van der Waals surface area contributed by atoms with Crippen LogP contribution in [0.3, 0.4) is 0 Å². The number of aldehydes is 1. The van der Waals surface area contributed by atoms with Gasteiger partial charge in [-0.2, -0.15) is 0 Å². The molecule has 0 atom stereocenters. The lowest BCUT2D eigenvalue weighted by molar-refractivity contribution is 0.111. The molecule has 14 heavy (non-hydrogen) atoms. The second kappa shape index (κ2) is 3.87. The maximum atomic E-state index is 10.6. The Labute approximate surface area is 82.0 Å². The molecule has 0 aliphatic carbocycles. The molecule has 0 spiro atoms. The highest BCUT2D eigenvalue weighted by atomic mass is 16.1. The first-order chi connectivity index (χ1) is 6.90. The van der Waals surface area contributed by atoms with E-state index in [1.165, 1.54) is 0 Å². The van der Waals surface area contributed by atoms with E-state index in [-0.39, 0.29) is 0 Å². The Morgan fingerprint density at radius 3 is 3.00 bits per heavy atom. The Balaban J connectivity index is 2.23. The van der Waals surface area contributed by atoms with E-state index in [2.05, 4.69) is 4.98 Å². The number of rotatable bonds is 3. The van der Waals surface area contributed by atoms with Gasteiger partial charge in [-0.1, -0.05) is 6.07 Å². The summed E-state index contributed by atoms with van der Waals surface area (Å²) >= 11 is 0. The molecule has 2 heterocycles. The highest BCUT2D eigenvalue weighted by Gasteiger charge is 1.99. The van der Waals surface area contributed by atoms with E-state index in [9.17, 15) is 4.79 Å². The fourth-order valence-electron chi connectivity index (χ4n) is 1.37. The molecule has 0 bridgehead atoms. The Hall–Kier alpha value is -1.90. The van der Waals surface area contributed by atoms with Gasteiger partial charge in [0.1, 0.15) is 0 Å². The summed E-state index contributed by atoms with van der Waals surface area (Å²) < 4.78 is 1.89. The van der Waals surface area contributed by atoms with Crippen LogP contribution in [0.25, 0.3) is 0 Å². The average molecular weight is 186 g/mol. The number of pyridine rings is 1. The highest BCUT2D eigenvalue weighted by Crippen LogP contribution is 2.04. The van der Waals surface area contributed by atoms with Gasteiger partial charge in [-0.15, -0.1) is 0 Å². The van der Waals surface area contributed by atoms with Crippen molar-refractivity contribution in [2.45, 2.75) is 6.54 Å². The smallest absolute Gasteiger partial charge is 0.166 e. The summed E-state index contributed by atoms with van der Waals surface area (Å²) in [6.45, 7) is 0.689. The van der Waals surface area contributed by atoms with Gasteiger partial charge < -0.3 is 4.57 Å². The summed E-state index contributed by atoms with van der Waals surface area (Å²) in [6.07, 6.45) is 6.28. The van der Waals surface area contributed by atoms with Crippen molar-refractivity contribution in [3.8, 4) is 0 Å². The number of hydrogen-bond acceptors (Lipinski definition) is 2. The molecule has 0 unspecified atom stereocenters. The van der Waals surface area contributed by atoms with Gasteiger partial charge in [-0.05, 0) is 23.8 Å². The van der Waals surface area contributed by atoms with Crippen molar-refractivity contribution in [2.24, 2.45) is 0 Å². The van der Waals surface area contributed by atoms with Crippen LogP contribution in [-0.2, 0) is 6.54 Å². The van der Waals surface area contributed by atoms with Crippen LogP contribution < -0.4 is 0 Å². The molecule has 3 heteroatoms. The number of nitrogens with zero attached hydrogens (tertiary/aromatic N) is 2. The van der Waals surface area contributed by atoms with Crippen LogP contribution in [0.5, 0.6) is 0 Å². The van der Waals surface area contributed by atoms with E-state index in [0.717, 1.165) is 11.8 Å². The third-order valence-corrected chi connectivity index (χ3v) is 2.06. The second-order valence-electron chi connectivity index (χ2n) is 3.04. The predicted octanol–water partition coefficient (Wildman–Crippen LogP) is 1.74. The molecule has 2 aromatic rings. The first kappa shape index (κ1) is 8.69. The molecule has 2 aromatic heterocycles. The Kier molecular flexibility index (Phi) is 2.40. The molecular weight excluding hydrogens is 176 g/mol. The van der Waals surface area contributed by atoms with Crippen LogP contribution in [0.2, 0.25) is 0 Å². The van der Waals surface area contributed by atoms with Crippen LogP contribution in [0, 0.1) is 0 Å². The fraction of sp³-hybridized carbons (Fsp3) is 0.0909. The molecule has 0 saturated heterocycles. The van der Waals surface area contributed by atoms with E-state index in [0.29, 0.717) is 12.2 Å². The quantitative estimate of drug-likeness (QED) is 0.684. The number of carbonyl (C=O) groups excluding carboxylic acids is 1. The minimum absolute atomic E-state index is 0.689. The zero-order valence-electron chi connectivity index (χ0n) is 7.63. The molecule has 70 valence electrons. The van der Waals surface area contributed by atoms with Crippen molar-refractivity contribution in [3.05, 3.63) is 54.1 Å². The summed E-state index contributed by atoms with van der Waals surface area (Å²) in [5, 5.41) is 0. The van der Waals surface area contributed by atoms with Crippen LogP contribution in [0.4, 0.5) is 0 Å². The Bertz CT molecular complexity index is 420. The minimum Gasteiger partial charge on any atom is -0.341 e.